The van der Waals surface area contributed by atoms with Gasteiger partial charge in [-0.3, -0.25) is 4.79 Å². The molecule has 0 radical (unpaired) electrons. The molecule has 1 atom stereocenters. The van der Waals surface area contributed by atoms with E-state index in [9.17, 15) is 4.79 Å². The van der Waals surface area contributed by atoms with Crippen LogP contribution in [0.3, 0.4) is 0 Å². The van der Waals surface area contributed by atoms with E-state index in [1.807, 2.05) is 11.8 Å². The average molecular weight is 282 g/mol. The van der Waals surface area contributed by atoms with E-state index in [0.717, 1.165) is 17.9 Å². The van der Waals surface area contributed by atoms with E-state index in [0.29, 0.717) is 22.8 Å². The van der Waals surface area contributed by atoms with Crippen LogP contribution in [0.1, 0.15) is 16.8 Å². The van der Waals surface area contributed by atoms with Crippen LogP contribution in [0.15, 0.2) is 12.1 Å². The highest BCUT2D eigenvalue weighted by Gasteiger charge is 2.28. The van der Waals surface area contributed by atoms with Gasteiger partial charge in [-0.25, -0.2) is 0 Å². The summed E-state index contributed by atoms with van der Waals surface area (Å²) in [5.41, 5.74) is 0.577. The van der Waals surface area contributed by atoms with Gasteiger partial charge in [0, 0.05) is 11.7 Å². The standard InChI is InChI=1S/C14H18O4S/c1-16-11-5-4-10(13(17-2)14(11)18-3)12(15)9-6-7-19-8-9/h4-5,9H,6-8H2,1-3H3. The number of ketones is 1. The van der Waals surface area contributed by atoms with Crippen molar-refractivity contribution in [2.24, 2.45) is 5.92 Å². The lowest BCUT2D eigenvalue weighted by Gasteiger charge is -2.16. The number of Topliss-reactive ketones (excluding diaryl/α,β-unsaturated/α-hetero) is 1. The Balaban J connectivity index is 2.42. The van der Waals surface area contributed by atoms with Gasteiger partial charge in [-0.2, -0.15) is 11.8 Å². The molecule has 1 aliphatic rings. The third kappa shape index (κ3) is 2.66. The lowest BCUT2D eigenvalue weighted by molar-refractivity contribution is 0.0930. The van der Waals surface area contributed by atoms with Crippen molar-refractivity contribution in [2.45, 2.75) is 6.42 Å². The molecule has 19 heavy (non-hydrogen) atoms. The Morgan fingerprint density at radius 3 is 2.42 bits per heavy atom. The molecule has 1 aliphatic heterocycles. The molecule has 5 heteroatoms. The number of thioether (sulfide) groups is 1. The van der Waals surface area contributed by atoms with Crippen LogP contribution in [0.25, 0.3) is 0 Å². The summed E-state index contributed by atoms with van der Waals surface area (Å²) in [6.45, 7) is 0. The number of methoxy groups -OCH3 is 3. The third-order valence-corrected chi connectivity index (χ3v) is 4.43. The first kappa shape index (κ1) is 14.1. The molecule has 0 amide bonds. The summed E-state index contributed by atoms with van der Waals surface area (Å²) in [7, 11) is 4.64. The number of benzene rings is 1. The lowest BCUT2D eigenvalue weighted by Crippen LogP contribution is -2.15. The minimum atomic E-state index is 0.0806. The lowest BCUT2D eigenvalue weighted by atomic mass is 9.96. The summed E-state index contributed by atoms with van der Waals surface area (Å²) in [6.07, 6.45) is 0.932. The Hall–Kier alpha value is -1.36. The van der Waals surface area contributed by atoms with Crippen molar-refractivity contribution in [2.75, 3.05) is 32.8 Å². The molecule has 0 N–H and O–H groups in total. The molecule has 0 spiro atoms. The van der Waals surface area contributed by atoms with Crippen molar-refractivity contribution in [3.63, 3.8) is 0 Å². The SMILES string of the molecule is COc1ccc(C(=O)C2CCSC2)c(OC)c1OC. The molecule has 4 nitrogen and oxygen atoms in total. The maximum absolute atomic E-state index is 12.5. The van der Waals surface area contributed by atoms with E-state index in [4.69, 9.17) is 14.2 Å². The summed E-state index contributed by atoms with van der Waals surface area (Å²) in [5, 5.41) is 0. The molecule has 1 aromatic carbocycles. The topological polar surface area (TPSA) is 44.8 Å². The average Bonchev–Trinajstić information content (AvgIpc) is 2.98. The highest BCUT2D eigenvalue weighted by atomic mass is 32.2. The maximum Gasteiger partial charge on any atom is 0.204 e. The first-order valence-electron chi connectivity index (χ1n) is 6.13. The molecule has 0 saturated carbocycles. The summed E-state index contributed by atoms with van der Waals surface area (Å²) in [4.78, 5) is 12.5. The third-order valence-electron chi connectivity index (χ3n) is 3.27. The van der Waals surface area contributed by atoms with Crippen LogP contribution in [0.4, 0.5) is 0 Å². The summed E-state index contributed by atoms with van der Waals surface area (Å²) in [5.74, 6) is 3.64. The zero-order valence-electron chi connectivity index (χ0n) is 11.4. The number of ether oxygens (including phenoxy) is 3. The van der Waals surface area contributed by atoms with E-state index in [1.165, 1.54) is 7.11 Å². The van der Waals surface area contributed by atoms with Gasteiger partial charge in [0.15, 0.2) is 17.3 Å². The monoisotopic (exact) mass is 282 g/mol. The molecule has 2 rings (SSSR count). The van der Waals surface area contributed by atoms with Crippen LogP contribution < -0.4 is 14.2 Å². The predicted molar refractivity (Wildman–Crippen MR) is 75.9 cm³/mol. The molecule has 1 unspecified atom stereocenters. The normalized spacial score (nSPS) is 18.2. The van der Waals surface area contributed by atoms with Crippen molar-refractivity contribution >= 4 is 17.5 Å². The van der Waals surface area contributed by atoms with Crippen molar-refractivity contribution in [1.82, 2.24) is 0 Å². The van der Waals surface area contributed by atoms with E-state index in [-0.39, 0.29) is 11.7 Å². The highest BCUT2D eigenvalue weighted by molar-refractivity contribution is 7.99. The van der Waals surface area contributed by atoms with Crippen molar-refractivity contribution in [3.8, 4) is 17.2 Å². The number of carbonyl (C=O) groups excluding carboxylic acids is 1. The number of rotatable bonds is 5. The second-order valence-corrected chi connectivity index (χ2v) is 5.46. The van der Waals surface area contributed by atoms with Crippen LogP contribution in [0.2, 0.25) is 0 Å². The zero-order chi connectivity index (χ0) is 13.8. The fraction of sp³-hybridized carbons (Fsp3) is 0.500. The first-order valence-corrected chi connectivity index (χ1v) is 7.29. The van der Waals surface area contributed by atoms with Gasteiger partial charge in [-0.05, 0) is 24.3 Å². The van der Waals surface area contributed by atoms with Crippen LogP contribution in [0, 0.1) is 5.92 Å². The van der Waals surface area contributed by atoms with E-state index in [2.05, 4.69) is 0 Å². The van der Waals surface area contributed by atoms with Crippen LogP contribution in [0.5, 0.6) is 17.2 Å². The Morgan fingerprint density at radius 1 is 1.16 bits per heavy atom. The van der Waals surface area contributed by atoms with Crippen molar-refractivity contribution in [3.05, 3.63) is 17.7 Å². The number of hydrogen-bond donors (Lipinski definition) is 0. The van der Waals surface area contributed by atoms with Gasteiger partial charge in [-0.15, -0.1) is 0 Å². The quantitative estimate of drug-likeness (QED) is 0.777. The molecule has 1 aromatic rings. The molecular formula is C14H18O4S. The highest BCUT2D eigenvalue weighted by Crippen LogP contribution is 2.41. The molecule has 104 valence electrons. The minimum Gasteiger partial charge on any atom is -0.493 e. The van der Waals surface area contributed by atoms with Gasteiger partial charge in [0.1, 0.15) is 0 Å². The summed E-state index contributed by atoms with van der Waals surface area (Å²) < 4.78 is 15.9. The van der Waals surface area contributed by atoms with Crippen LogP contribution in [-0.2, 0) is 0 Å². The Morgan fingerprint density at radius 2 is 1.89 bits per heavy atom. The molecular weight excluding hydrogens is 264 g/mol. The fourth-order valence-electron chi connectivity index (χ4n) is 2.26. The van der Waals surface area contributed by atoms with E-state index in [1.54, 1.807) is 26.4 Å². The molecule has 0 bridgehead atoms. The largest absolute Gasteiger partial charge is 0.493 e. The Bertz CT molecular complexity index is 467. The van der Waals surface area contributed by atoms with Gasteiger partial charge in [0.25, 0.3) is 0 Å². The van der Waals surface area contributed by atoms with Crippen molar-refractivity contribution < 1.29 is 19.0 Å². The van der Waals surface area contributed by atoms with Crippen LogP contribution >= 0.6 is 11.8 Å². The van der Waals surface area contributed by atoms with Gasteiger partial charge < -0.3 is 14.2 Å². The predicted octanol–water partition coefficient (Wildman–Crippen LogP) is 2.65. The molecule has 0 aliphatic carbocycles. The summed E-state index contributed by atoms with van der Waals surface area (Å²) >= 11 is 1.82. The second-order valence-electron chi connectivity index (χ2n) is 4.31. The summed E-state index contributed by atoms with van der Waals surface area (Å²) in [6, 6.07) is 3.50. The fourth-order valence-corrected chi connectivity index (χ4v) is 3.48. The van der Waals surface area contributed by atoms with Gasteiger partial charge >= 0.3 is 0 Å². The molecule has 1 fully saturated rings. The molecule has 1 heterocycles. The Labute approximate surface area is 117 Å². The zero-order valence-corrected chi connectivity index (χ0v) is 12.2. The van der Waals surface area contributed by atoms with Crippen molar-refractivity contribution in [1.29, 1.82) is 0 Å². The van der Waals surface area contributed by atoms with E-state index < -0.39 is 0 Å². The van der Waals surface area contributed by atoms with E-state index >= 15 is 0 Å². The van der Waals surface area contributed by atoms with Gasteiger partial charge in [0.05, 0.1) is 26.9 Å². The first-order chi connectivity index (χ1) is 9.22. The second kappa shape index (κ2) is 6.19. The van der Waals surface area contributed by atoms with Crippen LogP contribution in [-0.4, -0.2) is 38.6 Å². The minimum absolute atomic E-state index is 0.0806. The smallest absolute Gasteiger partial charge is 0.204 e. The number of hydrogen-bond acceptors (Lipinski definition) is 5. The number of carbonyl (C=O) groups is 1. The van der Waals surface area contributed by atoms with Gasteiger partial charge in [-0.1, -0.05) is 0 Å². The molecule has 1 saturated heterocycles. The Kier molecular flexibility index (Phi) is 4.58. The molecule has 0 aromatic heterocycles. The maximum atomic E-state index is 12.5. The van der Waals surface area contributed by atoms with Gasteiger partial charge in [0.2, 0.25) is 5.75 Å².